The van der Waals surface area contributed by atoms with E-state index in [1.165, 1.54) is 0 Å². The van der Waals surface area contributed by atoms with E-state index in [1.54, 1.807) is 13.2 Å². The SMILES string of the molecule is C=CCNCC(=O)NC(CCO)COC. The number of aliphatic hydroxyl groups is 1. The van der Waals surface area contributed by atoms with Gasteiger partial charge >= 0.3 is 0 Å². The molecule has 0 heterocycles. The highest BCUT2D eigenvalue weighted by Crippen LogP contribution is 1.91. The third-order valence-corrected chi connectivity index (χ3v) is 1.78. The molecular formula is C10H20N2O3. The van der Waals surface area contributed by atoms with Crippen LogP contribution in [0.15, 0.2) is 12.7 Å². The van der Waals surface area contributed by atoms with Gasteiger partial charge in [-0.25, -0.2) is 0 Å². The second-order valence-electron chi connectivity index (χ2n) is 3.15. The maximum Gasteiger partial charge on any atom is 0.234 e. The number of methoxy groups -OCH3 is 1. The molecule has 5 nitrogen and oxygen atoms in total. The van der Waals surface area contributed by atoms with Gasteiger partial charge in [-0.1, -0.05) is 6.08 Å². The van der Waals surface area contributed by atoms with Crippen molar-refractivity contribution >= 4 is 5.91 Å². The summed E-state index contributed by atoms with van der Waals surface area (Å²) in [6, 6.07) is -0.127. The zero-order chi connectivity index (χ0) is 11.5. The number of hydrogen-bond donors (Lipinski definition) is 3. The maximum atomic E-state index is 11.3. The molecule has 5 heteroatoms. The van der Waals surface area contributed by atoms with Gasteiger partial charge in [-0.05, 0) is 6.42 Å². The van der Waals surface area contributed by atoms with Gasteiger partial charge in [0.2, 0.25) is 5.91 Å². The Balaban J connectivity index is 3.72. The first-order valence-electron chi connectivity index (χ1n) is 4.95. The second kappa shape index (κ2) is 9.64. The first-order chi connectivity index (χ1) is 7.24. The van der Waals surface area contributed by atoms with Crippen LogP contribution in [0.5, 0.6) is 0 Å². The summed E-state index contributed by atoms with van der Waals surface area (Å²) < 4.78 is 4.92. The fourth-order valence-electron chi connectivity index (χ4n) is 1.12. The van der Waals surface area contributed by atoms with Gasteiger partial charge in [0.25, 0.3) is 0 Å². The van der Waals surface area contributed by atoms with E-state index >= 15 is 0 Å². The molecule has 0 saturated carbocycles. The summed E-state index contributed by atoms with van der Waals surface area (Å²) in [4.78, 5) is 11.3. The molecule has 1 atom stereocenters. The molecule has 0 rings (SSSR count). The monoisotopic (exact) mass is 216 g/mol. The highest BCUT2D eigenvalue weighted by atomic mass is 16.5. The number of aliphatic hydroxyl groups excluding tert-OH is 1. The lowest BCUT2D eigenvalue weighted by atomic mass is 10.2. The largest absolute Gasteiger partial charge is 0.396 e. The molecule has 0 bridgehead atoms. The van der Waals surface area contributed by atoms with Crippen LogP contribution >= 0.6 is 0 Å². The summed E-state index contributed by atoms with van der Waals surface area (Å²) >= 11 is 0. The lowest BCUT2D eigenvalue weighted by Crippen LogP contribution is -2.43. The van der Waals surface area contributed by atoms with Gasteiger partial charge in [0.05, 0.1) is 19.2 Å². The van der Waals surface area contributed by atoms with Crippen LogP contribution in [0, 0.1) is 0 Å². The van der Waals surface area contributed by atoms with Crippen molar-refractivity contribution in [1.82, 2.24) is 10.6 Å². The van der Waals surface area contributed by atoms with Crippen LogP contribution in [0.25, 0.3) is 0 Å². The molecule has 0 aromatic rings. The van der Waals surface area contributed by atoms with Crippen LogP contribution in [-0.4, -0.2) is 50.5 Å². The van der Waals surface area contributed by atoms with E-state index in [0.29, 0.717) is 19.6 Å². The lowest BCUT2D eigenvalue weighted by molar-refractivity contribution is -0.121. The molecule has 0 radical (unpaired) electrons. The molecule has 0 aliphatic heterocycles. The Morgan fingerprint density at radius 2 is 2.40 bits per heavy atom. The van der Waals surface area contributed by atoms with Crippen LogP contribution in [0.3, 0.4) is 0 Å². The van der Waals surface area contributed by atoms with Crippen molar-refractivity contribution in [2.75, 3.05) is 33.4 Å². The quantitative estimate of drug-likeness (QED) is 0.351. The minimum atomic E-state index is -0.127. The fraction of sp³-hybridized carbons (Fsp3) is 0.700. The Bertz CT molecular complexity index is 180. The molecule has 3 N–H and O–H groups in total. The van der Waals surface area contributed by atoms with Crippen LogP contribution < -0.4 is 10.6 Å². The molecular weight excluding hydrogens is 196 g/mol. The summed E-state index contributed by atoms with van der Waals surface area (Å²) in [5.74, 6) is -0.104. The number of carbonyl (C=O) groups excluding carboxylic acids is 1. The van der Waals surface area contributed by atoms with Crippen LogP contribution in [0.4, 0.5) is 0 Å². The molecule has 0 aromatic carbocycles. The molecule has 88 valence electrons. The van der Waals surface area contributed by atoms with Crippen molar-refractivity contribution in [3.05, 3.63) is 12.7 Å². The zero-order valence-electron chi connectivity index (χ0n) is 9.16. The van der Waals surface area contributed by atoms with Crippen molar-refractivity contribution in [3.8, 4) is 0 Å². The summed E-state index contributed by atoms with van der Waals surface area (Å²) in [5, 5.41) is 14.4. The van der Waals surface area contributed by atoms with Crippen molar-refractivity contribution in [2.24, 2.45) is 0 Å². The standard InChI is InChI=1S/C10H20N2O3/c1-3-5-11-7-10(14)12-9(4-6-13)8-15-2/h3,9,11,13H,1,4-8H2,2H3,(H,12,14). The van der Waals surface area contributed by atoms with Crippen molar-refractivity contribution in [3.63, 3.8) is 0 Å². The van der Waals surface area contributed by atoms with Gasteiger partial charge in [-0.3, -0.25) is 4.79 Å². The minimum Gasteiger partial charge on any atom is -0.396 e. The predicted octanol–water partition coefficient (Wildman–Crippen LogP) is -0.724. The van der Waals surface area contributed by atoms with Crippen LogP contribution in [0.2, 0.25) is 0 Å². The zero-order valence-corrected chi connectivity index (χ0v) is 9.16. The summed E-state index contributed by atoms with van der Waals surface area (Å²) in [6.45, 7) is 4.82. The highest BCUT2D eigenvalue weighted by molar-refractivity contribution is 5.78. The second-order valence-corrected chi connectivity index (χ2v) is 3.15. The van der Waals surface area contributed by atoms with Crippen LogP contribution in [0.1, 0.15) is 6.42 Å². The topological polar surface area (TPSA) is 70.6 Å². The first-order valence-corrected chi connectivity index (χ1v) is 4.95. The normalized spacial score (nSPS) is 12.1. The number of carbonyl (C=O) groups is 1. The Labute approximate surface area is 90.5 Å². The molecule has 0 spiro atoms. The molecule has 0 aromatic heterocycles. The Morgan fingerprint density at radius 3 is 2.93 bits per heavy atom. The van der Waals surface area contributed by atoms with E-state index in [1.807, 2.05) is 0 Å². The van der Waals surface area contributed by atoms with E-state index < -0.39 is 0 Å². The minimum absolute atomic E-state index is 0.0361. The summed E-state index contributed by atoms with van der Waals surface area (Å²) in [5.41, 5.74) is 0. The van der Waals surface area contributed by atoms with Gasteiger partial charge in [0, 0.05) is 20.3 Å². The van der Waals surface area contributed by atoms with Gasteiger partial charge in [0.15, 0.2) is 0 Å². The Kier molecular flexibility index (Phi) is 9.05. The summed E-state index contributed by atoms with van der Waals surface area (Å²) in [6.07, 6.45) is 2.19. The van der Waals surface area contributed by atoms with Crippen LogP contribution in [-0.2, 0) is 9.53 Å². The Hall–Kier alpha value is -0.910. The number of rotatable bonds is 9. The first kappa shape index (κ1) is 14.1. The number of nitrogens with one attached hydrogen (secondary N) is 2. The molecule has 0 aliphatic carbocycles. The maximum absolute atomic E-state index is 11.3. The number of ether oxygens (including phenoxy) is 1. The smallest absolute Gasteiger partial charge is 0.234 e. The Morgan fingerprint density at radius 1 is 1.67 bits per heavy atom. The fourth-order valence-corrected chi connectivity index (χ4v) is 1.12. The third-order valence-electron chi connectivity index (χ3n) is 1.78. The van der Waals surface area contributed by atoms with E-state index in [9.17, 15) is 4.79 Å². The molecule has 0 aliphatic rings. The third kappa shape index (κ3) is 8.11. The number of hydrogen-bond acceptors (Lipinski definition) is 4. The van der Waals surface area contributed by atoms with E-state index in [4.69, 9.17) is 9.84 Å². The lowest BCUT2D eigenvalue weighted by Gasteiger charge is -2.16. The molecule has 0 fully saturated rings. The highest BCUT2D eigenvalue weighted by Gasteiger charge is 2.10. The number of amides is 1. The molecule has 0 saturated heterocycles. The molecule has 1 unspecified atom stereocenters. The molecule has 15 heavy (non-hydrogen) atoms. The van der Waals surface area contributed by atoms with Gasteiger partial charge < -0.3 is 20.5 Å². The van der Waals surface area contributed by atoms with Gasteiger partial charge in [-0.15, -0.1) is 6.58 Å². The van der Waals surface area contributed by atoms with Crippen molar-refractivity contribution in [1.29, 1.82) is 0 Å². The predicted molar refractivity (Wildman–Crippen MR) is 58.6 cm³/mol. The average Bonchev–Trinajstić information content (AvgIpc) is 2.19. The summed E-state index contributed by atoms with van der Waals surface area (Å²) in [7, 11) is 1.56. The van der Waals surface area contributed by atoms with E-state index in [2.05, 4.69) is 17.2 Å². The van der Waals surface area contributed by atoms with Crippen molar-refractivity contribution in [2.45, 2.75) is 12.5 Å². The molecule has 1 amide bonds. The van der Waals surface area contributed by atoms with E-state index in [0.717, 1.165) is 0 Å². The average molecular weight is 216 g/mol. The van der Waals surface area contributed by atoms with E-state index in [-0.39, 0.29) is 25.1 Å². The van der Waals surface area contributed by atoms with Gasteiger partial charge in [-0.2, -0.15) is 0 Å². The van der Waals surface area contributed by atoms with Crippen molar-refractivity contribution < 1.29 is 14.6 Å². The van der Waals surface area contributed by atoms with Gasteiger partial charge in [0.1, 0.15) is 0 Å².